The van der Waals surface area contributed by atoms with Crippen molar-refractivity contribution in [3.8, 4) is 17.1 Å². The molecule has 0 aliphatic carbocycles. The molecule has 0 saturated heterocycles. The second-order valence-corrected chi connectivity index (χ2v) is 11.9. The average molecular weight is 600 g/mol. The van der Waals surface area contributed by atoms with Crippen LogP contribution >= 0.6 is 0 Å². The zero-order chi connectivity index (χ0) is 30.3. The first-order valence-corrected chi connectivity index (χ1v) is 14.6. The van der Waals surface area contributed by atoms with Crippen LogP contribution in [0.3, 0.4) is 0 Å². The second-order valence-electron chi connectivity index (χ2n) is 10.4. The van der Waals surface area contributed by atoms with Gasteiger partial charge in [0.1, 0.15) is 11.5 Å². The third-order valence-corrected chi connectivity index (χ3v) is 9.32. The molecule has 1 unspecified atom stereocenters. The third kappa shape index (κ3) is 3.85. The monoisotopic (exact) mass is 599 g/mol. The van der Waals surface area contributed by atoms with Crippen LogP contribution in [0, 0.1) is 10.1 Å². The van der Waals surface area contributed by atoms with Crippen LogP contribution in [0.15, 0.2) is 76.4 Å². The maximum absolute atomic E-state index is 13.4. The Balaban J connectivity index is 1.37. The number of rotatable bonds is 5. The van der Waals surface area contributed by atoms with E-state index in [2.05, 4.69) is 4.98 Å². The number of cyclic esters (lactones) is 1. The molecule has 216 valence electrons. The van der Waals surface area contributed by atoms with Crippen molar-refractivity contribution in [1.82, 2.24) is 9.55 Å². The SMILES string of the molecule is CCC1(O)C(=O)OCc2c1cc1n(c2=O)Cc2cc3c([N+](=O)[O-])c(OS(=O)(=O)c4cccc5ccccc45)ccc3nc2-1. The number of benzene rings is 3. The van der Waals surface area contributed by atoms with Crippen LogP contribution in [0.2, 0.25) is 0 Å². The predicted molar refractivity (Wildman–Crippen MR) is 153 cm³/mol. The Kier molecular flexibility index (Phi) is 5.71. The number of carbonyl (C=O) groups excluding carboxylic acids is 1. The number of hydrogen-bond donors (Lipinski definition) is 1. The molecule has 1 atom stereocenters. The van der Waals surface area contributed by atoms with Crippen molar-refractivity contribution in [3.63, 3.8) is 0 Å². The Labute approximate surface area is 243 Å². The quantitative estimate of drug-likeness (QED) is 0.133. The lowest BCUT2D eigenvalue weighted by atomic mass is 9.86. The Hall–Kier alpha value is -5.14. The van der Waals surface area contributed by atoms with Gasteiger partial charge in [-0.3, -0.25) is 14.9 Å². The number of aliphatic hydroxyl groups is 1. The molecule has 7 rings (SSSR count). The molecule has 0 radical (unpaired) electrons. The fourth-order valence-corrected chi connectivity index (χ4v) is 7.01. The predicted octanol–water partition coefficient (Wildman–Crippen LogP) is 3.91. The minimum atomic E-state index is -4.49. The topological polar surface area (TPSA) is 168 Å². The molecule has 43 heavy (non-hydrogen) atoms. The number of hydrogen-bond acceptors (Lipinski definition) is 10. The number of fused-ring (bicyclic) bond motifs is 6. The lowest BCUT2D eigenvalue weighted by molar-refractivity contribution is -0.383. The molecule has 0 spiro atoms. The van der Waals surface area contributed by atoms with E-state index < -0.39 is 43.6 Å². The number of carbonyl (C=O) groups is 1. The molecule has 5 aromatic rings. The highest BCUT2D eigenvalue weighted by Crippen LogP contribution is 2.42. The number of aromatic nitrogens is 2. The maximum atomic E-state index is 13.4. The molecule has 0 fully saturated rings. The third-order valence-electron chi connectivity index (χ3n) is 8.03. The molecule has 4 heterocycles. The Morgan fingerprint density at radius 1 is 1.09 bits per heavy atom. The van der Waals surface area contributed by atoms with E-state index in [0.29, 0.717) is 27.7 Å². The Morgan fingerprint density at radius 3 is 2.63 bits per heavy atom. The fraction of sp³-hybridized carbons (Fsp3) is 0.167. The molecule has 2 aliphatic heterocycles. The van der Waals surface area contributed by atoms with Crippen molar-refractivity contribution < 1.29 is 32.2 Å². The zero-order valence-corrected chi connectivity index (χ0v) is 23.3. The summed E-state index contributed by atoms with van der Waals surface area (Å²) in [6.45, 7) is 1.31. The molecular weight excluding hydrogens is 578 g/mol. The highest BCUT2D eigenvalue weighted by atomic mass is 32.2. The first kappa shape index (κ1) is 26.7. The van der Waals surface area contributed by atoms with Gasteiger partial charge in [-0.2, -0.15) is 8.42 Å². The smallest absolute Gasteiger partial charge is 0.343 e. The standard InChI is InChI=1S/C30H21N3O9S/c1-2-30(36)21-13-23-26-17(14-32(23)28(34)20(21)15-41-29(30)35)12-19-22(31-26)10-11-24(27(19)33(37)38)42-43(39,40)25-9-5-7-16-6-3-4-8-18(16)25/h3-13,36H,2,14-15H2,1H3. The summed E-state index contributed by atoms with van der Waals surface area (Å²) in [4.78, 5) is 41.9. The molecule has 0 bridgehead atoms. The molecule has 3 aromatic carbocycles. The maximum Gasteiger partial charge on any atom is 0.343 e. The van der Waals surface area contributed by atoms with Crippen molar-refractivity contribution in [2.45, 2.75) is 37.0 Å². The zero-order valence-electron chi connectivity index (χ0n) is 22.4. The van der Waals surface area contributed by atoms with Gasteiger partial charge in [-0.25, -0.2) is 9.78 Å². The van der Waals surface area contributed by atoms with Crippen LogP contribution in [0.1, 0.15) is 30.0 Å². The fourth-order valence-electron chi connectivity index (χ4n) is 5.85. The highest BCUT2D eigenvalue weighted by Gasteiger charge is 2.45. The Morgan fingerprint density at radius 2 is 1.86 bits per heavy atom. The van der Waals surface area contributed by atoms with Gasteiger partial charge in [-0.1, -0.05) is 43.3 Å². The summed E-state index contributed by atoms with van der Waals surface area (Å²) in [5, 5.41) is 24.5. The Bertz CT molecular complexity index is 2240. The summed E-state index contributed by atoms with van der Waals surface area (Å²) in [6.07, 6.45) is -0.0175. The first-order valence-electron chi connectivity index (χ1n) is 13.2. The van der Waals surface area contributed by atoms with Gasteiger partial charge in [0.05, 0.1) is 39.3 Å². The summed E-state index contributed by atoms with van der Waals surface area (Å²) >= 11 is 0. The summed E-state index contributed by atoms with van der Waals surface area (Å²) < 4.78 is 38.6. The minimum absolute atomic E-state index is 0.00869. The van der Waals surface area contributed by atoms with Crippen LogP contribution in [-0.2, 0) is 38.4 Å². The molecular formula is C30H21N3O9S. The molecule has 0 amide bonds. The van der Waals surface area contributed by atoms with Crippen molar-refractivity contribution >= 4 is 43.5 Å². The van der Waals surface area contributed by atoms with Gasteiger partial charge >= 0.3 is 21.8 Å². The number of pyridine rings is 2. The van der Waals surface area contributed by atoms with Crippen molar-refractivity contribution in [2.24, 2.45) is 0 Å². The van der Waals surface area contributed by atoms with E-state index in [4.69, 9.17) is 8.92 Å². The van der Waals surface area contributed by atoms with Gasteiger partial charge in [-0.05, 0) is 42.1 Å². The minimum Gasteiger partial charge on any atom is -0.458 e. The second kappa shape index (κ2) is 9.18. The van der Waals surface area contributed by atoms with Crippen LogP contribution in [0.4, 0.5) is 5.69 Å². The van der Waals surface area contributed by atoms with Crippen LogP contribution in [0.5, 0.6) is 5.75 Å². The normalized spacial score (nSPS) is 17.3. The van der Waals surface area contributed by atoms with E-state index in [1.54, 1.807) is 43.3 Å². The van der Waals surface area contributed by atoms with Gasteiger partial charge in [0.2, 0.25) is 5.75 Å². The summed E-state index contributed by atoms with van der Waals surface area (Å²) in [7, 11) is -4.49. The van der Waals surface area contributed by atoms with Crippen molar-refractivity contribution in [1.29, 1.82) is 0 Å². The van der Waals surface area contributed by atoms with E-state index in [9.17, 15) is 33.2 Å². The van der Waals surface area contributed by atoms with Crippen molar-refractivity contribution in [2.75, 3.05) is 0 Å². The van der Waals surface area contributed by atoms with Gasteiger partial charge in [0, 0.05) is 16.5 Å². The van der Waals surface area contributed by atoms with E-state index in [1.165, 1.54) is 34.9 Å². The van der Waals surface area contributed by atoms with E-state index in [-0.39, 0.29) is 46.5 Å². The largest absolute Gasteiger partial charge is 0.458 e. The van der Waals surface area contributed by atoms with Gasteiger partial charge < -0.3 is 18.6 Å². The average Bonchev–Trinajstić information content (AvgIpc) is 3.35. The molecule has 0 saturated carbocycles. The number of esters is 1. The number of nitrogens with zero attached hydrogens (tertiary/aromatic N) is 3. The highest BCUT2D eigenvalue weighted by molar-refractivity contribution is 7.87. The number of nitro benzene ring substituents is 1. The lowest BCUT2D eigenvalue weighted by Crippen LogP contribution is -2.44. The van der Waals surface area contributed by atoms with E-state index in [0.717, 1.165) is 0 Å². The molecule has 2 aliphatic rings. The van der Waals surface area contributed by atoms with Gasteiger partial charge in [0.25, 0.3) is 5.56 Å². The van der Waals surface area contributed by atoms with E-state index >= 15 is 0 Å². The van der Waals surface area contributed by atoms with Crippen LogP contribution < -0.4 is 9.74 Å². The van der Waals surface area contributed by atoms with Crippen LogP contribution in [-0.4, -0.2) is 34.0 Å². The van der Waals surface area contributed by atoms with Gasteiger partial charge in [0.15, 0.2) is 5.60 Å². The number of nitro groups is 1. The summed E-state index contributed by atoms with van der Waals surface area (Å²) in [5.41, 5.74) is -1.49. The number of ether oxygens (including phenoxy) is 1. The first-order chi connectivity index (χ1) is 20.5. The molecule has 1 N–H and O–H groups in total. The lowest BCUT2D eigenvalue weighted by Gasteiger charge is -2.31. The molecule has 12 nitrogen and oxygen atoms in total. The summed E-state index contributed by atoms with van der Waals surface area (Å²) in [5.74, 6) is -1.34. The molecule has 13 heteroatoms. The summed E-state index contributed by atoms with van der Waals surface area (Å²) in [6, 6.07) is 17.1. The van der Waals surface area contributed by atoms with E-state index in [1.807, 2.05) is 0 Å². The van der Waals surface area contributed by atoms with Gasteiger partial charge in [-0.15, -0.1) is 0 Å². The van der Waals surface area contributed by atoms with Crippen LogP contribution in [0.25, 0.3) is 33.1 Å². The molecule has 2 aromatic heterocycles. The van der Waals surface area contributed by atoms with Crippen molar-refractivity contribution in [3.05, 3.63) is 104 Å².